The van der Waals surface area contributed by atoms with E-state index in [1.165, 1.54) is 5.69 Å². The van der Waals surface area contributed by atoms with Crippen molar-refractivity contribution in [3.63, 3.8) is 0 Å². The number of hydrogen-bond donors (Lipinski definition) is 1. The number of nitrogens with zero attached hydrogens (tertiary/aromatic N) is 2. The molecule has 0 bridgehead atoms. The lowest BCUT2D eigenvalue weighted by Crippen LogP contribution is -2.44. The largest absolute Gasteiger partial charge is 0.481 e. The summed E-state index contributed by atoms with van der Waals surface area (Å²) in [6, 6.07) is 16.2. The number of aryl methyl sites for hydroxylation is 1. The zero-order valence-electron chi connectivity index (χ0n) is 16.4. The molecule has 0 saturated carbocycles. The molecule has 5 heteroatoms. The Morgan fingerprint density at radius 2 is 1.74 bits per heavy atom. The molecule has 1 atom stereocenters. The van der Waals surface area contributed by atoms with Gasteiger partial charge in [-0.05, 0) is 50.2 Å². The smallest absolute Gasteiger partial charge is 0.261 e. The highest BCUT2D eigenvalue weighted by atomic mass is 16.5. The van der Waals surface area contributed by atoms with E-state index in [4.69, 9.17) is 4.74 Å². The minimum absolute atomic E-state index is 0.110. The van der Waals surface area contributed by atoms with Crippen molar-refractivity contribution >= 4 is 11.6 Å². The number of nitrogens with one attached hydrogen (secondary N) is 1. The van der Waals surface area contributed by atoms with E-state index >= 15 is 0 Å². The molecule has 1 aliphatic rings. The third-order valence-corrected chi connectivity index (χ3v) is 5.04. The van der Waals surface area contributed by atoms with Crippen LogP contribution in [-0.2, 0) is 11.3 Å². The second kappa shape index (κ2) is 8.91. The van der Waals surface area contributed by atoms with E-state index in [9.17, 15) is 4.79 Å². The highest BCUT2D eigenvalue weighted by molar-refractivity contribution is 5.80. The second-order valence-corrected chi connectivity index (χ2v) is 7.20. The number of anilines is 1. The summed E-state index contributed by atoms with van der Waals surface area (Å²) >= 11 is 0. The quantitative estimate of drug-likeness (QED) is 0.853. The summed E-state index contributed by atoms with van der Waals surface area (Å²) < 4.78 is 5.78. The highest BCUT2D eigenvalue weighted by Crippen LogP contribution is 2.19. The molecule has 1 saturated heterocycles. The minimum atomic E-state index is -0.532. The average molecular weight is 367 g/mol. The van der Waals surface area contributed by atoms with E-state index in [1.807, 2.05) is 31.2 Å². The van der Waals surface area contributed by atoms with Crippen LogP contribution in [0.2, 0.25) is 0 Å². The Kier molecular flexibility index (Phi) is 6.35. The number of carbonyl (C=O) groups is 1. The molecule has 2 aromatic rings. The summed E-state index contributed by atoms with van der Waals surface area (Å²) in [6.07, 6.45) is -0.532. The van der Waals surface area contributed by atoms with Crippen LogP contribution >= 0.6 is 0 Å². The maximum absolute atomic E-state index is 12.3. The van der Waals surface area contributed by atoms with Gasteiger partial charge in [0.1, 0.15) is 5.75 Å². The first-order valence-electron chi connectivity index (χ1n) is 9.55. The van der Waals surface area contributed by atoms with Crippen LogP contribution in [0.3, 0.4) is 0 Å². The van der Waals surface area contributed by atoms with Crippen molar-refractivity contribution in [2.75, 3.05) is 38.1 Å². The second-order valence-electron chi connectivity index (χ2n) is 7.20. The van der Waals surface area contributed by atoms with Gasteiger partial charge in [0.15, 0.2) is 6.10 Å². The van der Waals surface area contributed by atoms with Gasteiger partial charge < -0.3 is 19.9 Å². The van der Waals surface area contributed by atoms with E-state index in [0.29, 0.717) is 6.54 Å². The molecular formula is C22H29N3O2. The van der Waals surface area contributed by atoms with Gasteiger partial charge in [-0.25, -0.2) is 0 Å². The van der Waals surface area contributed by atoms with Crippen LogP contribution in [-0.4, -0.2) is 50.1 Å². The number of benzene rings is 2. The van der Waals surface area contributed by atoms with Crippen LogP contribution in [0.5, 0.6) is 5.75 Å². The van der Waals surface area contributed by atoms with Gasteiger partial charge in [0, 0.05) is 38.4 Å². The topological polar surface area (TPSA) is 44.8 Å². The summed E-state index contributed by atoms with van der Waals surface area (Å²) in [4.78, 5) is 17.1. The molecule has 1 fully saturated rings. The van der Waals surface area contributed by atoms with Crippen molar-refractivity contribution in [1.82, 2.24) is 10.2 Å². The molecule has 3 rings (SSSR count). The van der Waals surface area contributed by atoms with Crippen LogP contribution in [0, 0.1) is 6.92 Å². The fraction of sp³-hybridized carbons (Fsp3) is 0.409. The fourth-order valence-electron chi connectivity index (χ4n) is 3.15. The molecule has 1 N–H and O–H groups in total. The van der Waals surface area contributed by atoms with Crippen LogP contribution in [0.15, 0.2) is 48.5 Å². The number of amides is 1. The summed E-state index contributed by atoms with van der Waals surface area (Å²) in [7, 11) is 2.16. The molecule has 0 unspecified atom stereocenters. The summed E-state index contributed by atoms with van der Waals surface area (Å²) in [5.41, 5.74) is 3.36. The van der Waals surface area contributed by atoms with Crippen LogP contribution < -0.4 is 15.0 Å². The Labute approximate surface area is 161 Å². The van der Waals surface area contributed by atoms with Gasteiger partial charge in [-0.1, -0.05) is 30.3 Å². The SMILES string of the molecule is Cc1ccccc1O[C@H](C)C(=O)NCc1ccc(N2CCN(C)CC2)cc1. The van der Waals surface area contributed by atoms with E-state index in [2.05, 4.69) is 46.4 Å². The predicted molar refractivity (Wildman–Crippen MR) is 109 cm³/mol. The van der Waals surface area contributed by atoms with E-state index in [-0.39, 0.29) is 5.91 Å². The number of likely N-dealkylation sites (N-methyl/N-ethyl adjacent to an activating group) is 1. The molecule has 5 nitrogen and oxygen atoms in total. The average Bonchev–Trinajstić information content (AvgIpc) is 2.69. The number of ether oxygens (including phenoxy) is 1. The first-order valence-corrected chi connectivity index (χ1v) is 9.55. The first kappa shape index (κ1) is 19.2. The van der Waals surface area contributed by atoms with Crippen molar-refractivity contribution < 1.29 is 9.53 Å². The van der Waals surface area contributed by atoms with Crippen LogP contribution in [0.1, 0.15) is 18.1 Å². The molecule has 0 spiro atoms. The van der Waals surface area contributed by atoms with Gasteiger partial charge in [-0.3, -0.25) is 4.79 Å². The Morgan fingerprint density at radius 3 is 2.41 bits per heavy atom. The zero-order valence-corrected chi connectivity index (χ0v) is 16.4. The molecule has 0 aliphatic carbocycles. The van der Waals surface area contributed by atoms with Gasteiger partial charge in [0.25, 0.3) is 5.91 Å². The van der Waals surface area contributed by atoms with Gasteiger partial charge in [0.2, 0.25) is 0 Å². The maximum atomic E-state index is 12.3. The van der Waals surface area contributed by atoms with Crippen molar-refractivity contribution in [1.29, 1.82) is 0 Å². The number of hydrogen-bond acceptors (Lipinski definition) is 4. The molecule has 2 aromatic carbocycles. The predicted octanol–water partition coefficient (Wildman–Crippen LogP) is 2.83. The normalized spacial score (nSPS) is 16.0. The fourth-order valence-corrected chi connectivity index (χ4v) is 3.15. The molecule has 0 aromatic heterocycles. The lowest BCUT2D eigenvalue weighted by Gasteiger charge is -2.34. The molecule has 1 aliphatic heterocycles. The molecule has 144 valence electrons. The number of para-hydroxylation sites is 1. The molecule has 0 radical (unpaired) electrons. The van der Waals surface area contributed by atoms with Gasteiger partial charge >= 0.3 is 0 Å². The monoisotopic (exact) mass is 367 g/mol. The molecule has 1 amide bonds. The van der Waals surface area contributed by atoms with Crippen molar-refractivity contribution in [3.05, 3.63) is 59.7 Å². The maximum Gasteiger partial charge on any atom is 0.261 e. The van der Waals surface area contributed by atoms with Gasteiger partial charge in [0.05, 0.1) is 0 Å². The van der Waals surface area contributed by atoms with Crippen molar-refractivity contribution in [2.45, 2.75) is 26.5 Å². The standard InChI is InChI=1S/C22H29N3O2/c1-17-6-4-5-7-21(17)27-18(2)22(26)23-16-19-8-10-20(11-9-19)25-14-12-24(3)13-15-25/h4-11,18H,12-16H2,1-3H3,(H,23,26)/t18-/m1/s1. The van der Waals surface area contributed by atoms with Crippen LogP contribution in [0.25, 0.3) is 0 Å². The summed E-state index contributed by atoms with van der Waals surface area (Å²) in [6.45, 7) is 8.55. The Balaban J connectivity index is 1.49. The number of carbonyl (C=O) groups excluding carboxylic acids is 1. The Morgan fingerprint density at radius 1 is 1.07 bits per heavy atom. The Hall–Kier alpha value is -2.53. The third kappa shape index (κ3) is 5.23. The third-order valence-electron chi connectivity index (χ3n) is 5.04. The van der Waals surface area contributed by atoms with Crippen molar-refractivity contribution in [2.24, 2.45) is 0 Å². The molecule has 27 heavy (non-hydrogen) atoms. The number of rotatable bonds is 6. The molecule has 1 heterocycles. The van der Waals surface area contributed by atoms with Gasteiger partial charge in [-0.2, -0.15) is 0 Å². The molecular weight excluding hydrogens is 338 g/mol. The van der Waals surface area contributed by atoms with Crippen molar-refractivity contribution in [3.8, 4) is 5.75 Å². The zero-order chi connectivity index (χ0) is 19.2. The first-order chi connectivity index (χ1) is 13.0. The summed E-state index contributed by atoms with van der Waals surface area (Å²) in [5.74, 6) is 0.637. The van der Waals surface area contributed by atoms with E-state index < -0.39 is 6.10 Å². The minimum Gasteiger partial charge on any atom is -0.481 e. The highest BCUT2D eigenvalue weighted by Gasteiger charge is 2.16. The van der Waals surface area contributed by atoms with Crippen LogP contribution in [0.4, 0.5) is 5.69 Å². The lowest BCUT2D eigenvalue weighted by molar-refractivity contribution is -0.127. The Bertz CT molecular complexity index is 752. The summed E-state index contributed by atoms with van der Waals surface area (Å²) in [5, 5.41) is 2.96. The van der Waals surface area contributed by atoms with Gasteiger partial charge in [-0.15, -0.1) is 0 Å². The van der Waals surface area contributed by atoms with E-state index in [0.717, 1.165) is 43.1 Å². The number of piperazine rings is 1. The lowest BCUT2D eigenvalue weighted by atomic mass is 10.1. The van der Waals surface area contributed by atoms with E-state index in [1.54, 1.807) is 6.92 Å².